The van der Waals surface area contributed by atoms with Crippen LogP contribution in [-0.2, 0) is 11.3 Å². The van der Waals surface area contributed by atoms with Crippen molar-refractivity contribution in [3.05, 3.63) is 22.8 Å². The molecule has 1 aromatic heterocycles. The maximum Gasteiger partial charge on any atom is 0.232 e. The quantitative estimate of drug-likeness (QED) is 0.709. The second-order valence-electron chi connectivity index (χ2n) is 4.73. The zero-order chi connectivity index (χ0) is 14.1. The maximum atomic E-state index is 6.12. The van der Waals surface area contributed by atoms with Gasteiger partial charge in [0.2, 0.25) is 5.88 Å². The van der Waals surface area contributed by atoms with Crippen LogP contribution < -0.4 is 10.1 Å². The standard InChI is InChI=1S/C14H23ClN2O2/c1-4-16-8-12-7-13(15)14(17-9-12)19-6-5-18-10-11(2)3/h7,9,11,16H,4-6,8,10H2,1-3H3. The van der Waals surface area contributed by atoms with Crippen LogP contribution in [0.2, 0.25) is 5.02 Å². The van der Waals surface area contributed by atoms with E-state index in [1.165, 1.54) is 0 Å². The second-order valence-corrected chi connectivity index (χ2v) is 5.14. The summed E-state index contributed by atoms with van der Waals surface area (Å²) in [6.07, 6.45) is 1.78. The van der Waals surface area contributed by atoms with E-state index in [4.69, 9.17) is 21.1 Å². The number of nitrogens with zero attached hydrogens (tertiary/aromatic N) is 1. The van der Waals surface area contributed by atoms with Crippen LogP contribution in [0.15, 0.2) is 12.3 Å². The van der Waals surface area contributed by atoms with Gasteiger partial charge in [-0.05, 0) is 24.1 Å². The van der Waals surface area contributed by atoms with Gasteiger partial charge in [0.05, 0.1) is 6.61 Å². The largest absolute Gasteiger partial charge is 0.474 e. The van der Waals surface area contributed by atoms with Crippen molar-refractivity contribution in [2.45, 2.75) is 27.3 Å². The van der Waals surface area contributed by atoms with Gasteiger partial charge in [-0.3, -0.25) is 0 Å². The highest BCUT2D eigenvalue weighted by Gasteiger charge is 2.05. The van der Waals surface area contributed by atoms with Gasteiger partial charge < -0.3 is 14.8 Å². The average Bonchev–Trinajstić information content (AvgIpc) is 2.37. The first kappa shape index (κ1) is 16.2. The van der Waals surface area contributed by atoms with Crippen LogP contribution in [0.3, 0.4) is 0 Å². The Bertz CT molecular complexity index is 372. The van der Waals surface area contributed by atoms with Gasteiger partial charge in [-0.25, -0.2) is 4.98 Å². The van der Waals surface area contributed by atoms with E-state index in [0.717, 1.165) is 25.3 Å². The Kier molecular flexibility index (Phi) is 7.79. The zero-order valence-corrected chi connectivity index (χ0v) is 12.7. The van der Waals surface area contributed by atoms with Gasteiger partial charge in [0.15, 0.2) is 0 Å². The summed E-state index contributed by atoms with van der Waals surface area (Å²) in [4.78, 5) is 4.21. The van der Waals surface area contributed by atoms with Gasteiger partial charge in [-0.1, -0.05) is 32.4 Å². The molecule has 0 aliphatic rings. The normalized spacial score (nSPS) is 11.0. The lowest BCUT2D eigenvalue weighted by atomic mass is 10.2. The van der Waals surface area contributed by atoms with Gasteiger partial charge in [-0.15, -0.1) is 0 Å². The molecule has 0 unspecified atom stereocenters. The van der Waals surface area contributed by atoms with Crippen molar-refractivity contribution < 1.29 is 9.47 Å². The summed E-state index contributed by atoms with van der Waals surface area (Å²) < 4.78 is 10.9. The number of nitrogens with one attached hydrogen (secondary N) is 1. The van der Waals surface area contributed by atoms with Crippen LogP contribution >= 0.6 is 11.6 Å². The Morgan fingerprint density at radius 1 is 1.37 bits per heavy atom. The van der Waals surface area contributed by atoms with E-state index in [1.54, 1.807) is 6.20 Å². The van der Waals surface area contributed by atoms with Crippen molar-refractivity contribution in [3.63, 3.8) is 0 Å². The van der Waals surface area contributed by atoms with E-state index < -0.39 is 0 Å². The Balaban J connectivity index is 2.33. The Hall–Kier alpha value is -0.840. The number of rotatable bonds is 9. The van der Waals surface area contributed by atoms with Crippen molar-refractivity contribution >= 4 is 11.6 Å². The number of aromatic nitrogens is 1. The van der Waals surface area contributed by atoms with Crippen molar-refractivity contribution in [1.82, 2.24) is 10.3 Å². The van der Waals surface area contributed by atoms with Gasteiger partial charge >= 0.3 is 0 Å². The minimum absolute atomic E-state index is 0.464. The minimum atomic E-state index is 0.464. The molecular formula is C14H23ClN2O2. The molecule has 1 aromatic rings. The molecule has 0 saturated carbocycles. The van der Waals surface area contributed by atoms with E-state index in [0.29, 0.717) is 30.0 Å². The molecule has 5 heteroatoms. The fourth-order valence-corrected chi connectivity index (χ4v) is 1.70. The van der Waals surface area contributed by atoms with Gasteiger partial charge in [0, 0.05) is 19.3 Å². The molecule has 108 valence electrons. The third kappa shape index (κ3) is 6.76. The molecule has 0 amide bonds. The Morgan fingerprint density at radius 3 is 2.79 bits per heavy atom. The van der Waals surface area contributed by atoms with Gasteiger partial charge in [0.25, 0.3) is 0 Å². The van der Waals surface area contributed by atoms with Crippen LogP contribution in [-0.4, -0.2) is 31.3 Å². The second kappa shape index (κ2) is 9.13. The molecule has 0 aromatic carbocycles. The summed E-state index contributed by atoms with van der Waals surface area (Å²) in [6, 6.07) is 1.88. The van der Waals surface area contributed by atoms with Crippen LogP contribution in [0.4, 0.5) is 0 Å². The summed E-state index contributed by atoms with van der Waals surface area (Å²) in [6.45, 7) is 9.73. The third-order valence-corrected chi connectivity index (χ3v) is 2.63. The molecule has 0 aliphatic carbocycles. The molecule has 0 bridgehead atoms. The summed E-state index contributed by atoms with van der Waals surface area (Å²) in [5.74, 6) is 1.00. The number of hydrogen-bond donors (Lipinski definition) is 1. The lowest BCUT2D eigenvalue weighted by Crippen LogP contribution is -2.13. The van der Waals surface area contributed by atoms with E-state index in [9.17, 15) is 0 Å². The highest BCUT2D eigenvalue weighted by molar-refractivity contribution is 6.31. The van der Waals surface area contributed by atoms with Crippen molar-refractivity contribution in [2.24, 2.45) is 5.92 Å². The van der Waals surface area contributed by atoms with E-state index in [-0.39, 0.29) is 0 Å². The van der Waals surface area contributed by atoms with E-state index in [2.05, 4.69) is 31.1 Å². The molecule has 0 atom stereocenters. The van der Waals surface area contributed by atoms with Crippen LogP contribution in [0, 0.1) is 5.92 Å². The fourth-order valence-electron chi connectivity index (χ4n) is 1.45. The molecule has 1 rings (SSSR count). The number of halogens is 1. The lowest BCUT2D eigenvalue weighted by Gasteiger charge is -2.10. The first-order valence-corrected chi connectivity index (χ1v) is 7.07. The molecule has 0 spiro atoms. The molecule has 0 aliphatic heterocycles. The third-order valence-electron chi connectivity index (χ3n) is 2.36. The maximum absolute atomic E-state index is 6.12. The SMILES string of the molecule is CCNCc1cnc(OCCOCC(C)C)c(Cl)c1. The summed E-state index contributed by atoms with van der Waals surface area (Å²) in [5.41, 5.74) is 1.05. The van der Waals surface area contributed by atoms with E-state index in [1.807, 2.05) is 6.07 Å². The smallest absolute Gasteiger partial charge is 0.232 e. The fraction of sp³-hybridized carbons (Fsp3) is 0.643. The van der Waals surface area contributed by atoms with Crippen molar-refractivity contribution in [1.29, 1.82) is 0 Å². The van der Waals surface area contributed by atoms with E-state index >= 15 is 0 Å². The highest BCUT2D eigenvalue weighted by Crippen LogP contribution is 2.22. The topological polar surface area (TPSA) is 43.4 Å². The lowest BCUT2D eigenvalue weighted by molar-refractivity contribution is 0.0806. The van der Waals surface area contributed by atoms with Gasteiger partial charge in [-0.2, -0.15) is 0 Å². The summed E-state index contributed by atoms with van der Waals surface area (Å²) in [7, 11) is 0. The zero-order valence-electron chi connectivity index (χ0n) is 11.9. The Labute approximate surface area is 120 Å². The van der Waals surface area contributed by atoms with Crippen LogP contribution in [0.5, 0.6) is 5.88 Å². The van der Waals surface area contributed by atoms with Gasteiger partial charge in [0.1, 0.15) is 11.6 Å². The minimum Gasteiger partial charge on any atom is -0.474 e. The molecule has 0 radical (unpaired) electrons. The number of hydrogen-bond acceptors (Lipinski definition) is 4. The number of ether oxygens (including phenoxy) is 2. The monoisotopic (exact) mass is 286 g/mol. The molecule has 0 fully saturated rings. The molecule has 1 heterocycles. The first-order valence-electron chi connectivity index (χ1n) is 6.69. The molecule has 1 N–H and O–H groups in total. The summed E-state index contributed by atoms with van der Waals surface area (Å²) in [5, 5.41) is 3.76. The summed E-state index contributed by atoms with van der Waals surface area (Å²) >= 11 is 6.12. The predicted molar refractivity (Wildman–Crippen MR) is 77.8 cm³/mol. The van der Waals surface area contributed by atoms with Crippen molar-refractivity contribution in [3.8, 4) is 5.88 Å². The molecule has 19 heavy (non-hydrogen) atoms. The first-order chi connectivity index (χ1) is 9.13. The van der Waals surface area contributed by atoms with Crippen LogP contribution in [0.25, 0.3) is 0 Å². The molecule has 0 saturated heterocycles. The predicted octanol–water partition coefficient (Wildman–Crippen LogP) is 2.90. The number of pyridine rings is 1. The highest BCUT2D eigenvalue weighted by atomic mass is 35.5. The average molecular weight is 287 g/mol. The Morgan fingerprint density at radius 2 is 2.16 bits per heavy atom. The molecule has 4 nitrogen and oxygen atoms in total. The molecular weight excluding hydrogens is 264 g/mol. The van der Waals surface area contributed by atoms with Crippen LogP contribution in [0.1, 0.15) is 26.3 Å². The van der Waals surface area contributed by atoms with Crippen molar-refractivity contribution in [2.75, 3.05) is 26.4 Å².